The monoisotopic (exact) mass is 533 g/mol. The number of halogens is 3. The summed E-state index contributed by atoms with van der Waals surface area (Å²) in [4.78, 5) is 27.3. The average molecular weight is 535 g/mol. The van der Waals surface area contributed by atoms with E-state index in [1.54, 1.807) is 44.2 Å². The van der Waals surface area contributed by atoms with E-state index in [-0.39, 0.29) is 12.2 Å². The first kappa shape index (κ1) is 27.2. The van der Waals surface area contributed by atoms with Crippen LogP contribution in [0.25, 0.3) is 0 Å². The molecule has 0 fully saturated rings. The lowest BCUT2D eigenvalue weighted by Crippen LogP contribution is -2.51. The first-order chi connectivity index (χ1) is 15.4. The number of sulfonamides is 1. The Kier molecular flexibility index (Phi) is 9.43. The number of hydrogen-bond donors (Lipinski definition) is 1. The summed E-state index contributed by atoms with van der Waals surface area (Å²) in [6, 6.07) is 8.78. The lowest BCUT2D eigenvalue weighted by Gasteiger charge is -2.33. The van der Waals surface area contributed by atoms with Gasteiger partial charge in [-0.15, -0.1) is 0 Å². The molecule has 1 N–H and O–H groups in total. The quantitative estimate of drug-likeness (QED) is 0.520. The van der Waals surface area contributed by atoms with E-state index in [4.69, 9.17) is 34.8 Å². The highest BCUT2D eigenvalue weighted by Gasteiger charge is 2.32. The minimum absolute atomic E-state index is 0.0739. The van der Waals surface area contributed by atoms with Crippen molar-refractivity contribution in [1.29, 1.82) is 0 Å². The SMILES string of the molecule is CCC(C(=O)NC)N(Cc1c(Cl)cccc1Cl)C(=O)CN(c1ccc(C)c(Cl)c1)S(C)(=O)=O. The summed E-state index contributed by atoms with van der Waals surface area (Å²) in [5, 5.41) is 3.57. The van der Waals surface area contributed by atoms with Gasteiger partial charge in [-0.3, -0.25) is 13.9 Å². The third kappa shape index (κ3) is 6.76. The lowest BCUT2D eigenvalue weighted by molar-refractivity contribution is -0.140. The molecule has 2 aromatic rings. The van der Waals surface area contributed by atoms with Crippen molar-refractivity contribution in [2.24, 2.45) is 0 Å². The second-order valence-electron chi connectivity index (χ2n) is 7.46. The molecule has 2 amide bonds. The number of amides is 2. The van der Waals surface area contributed by atoms with Crippen molar-refractivity contribution >= 4 is 62.3 Å². The summed E-state index contributed by atoms with van der Waals surface area (Å²) in [5.41, 5.74) is 1.46. The molecule has 0 aliphatic rings. The summed E-state index contributed by atoms with van der Waals surface area (Å²) < 4.78 is 26.1. The van der Waals surface area contributed by atoms with Crippen LogP contribution in [0.3, 0.4) is 0 Å². The van der Waals surface area contributed by atoms with Gasteiger partial charge in [-0.1, -0.05) is 53.9 Å². The minimum atomic E-state index is -3.85. The Balaban J connectivity index is 2.51. The van der Waals surface area contributed by atoms with Gasteiger partial charge in [0.15, 0.2) is 0 Å². The molecule has 0 aliphatic heterocycles. The van der Waals surface area contributed by atoms with Crippen molar-refractivity contribution < 1.29 is 18.0 Å². The van der Waals surface area contributed by atoms with Crippen molar-refractivity contribution in [2.45, 2.75) is 32.9 Å². The van der Waals surface area contributed by atoms with Crippen LogP contribution in [0.1, 0.15) is 24.5 Å². The maximum atomic E-state index is 13.5. The van der Waals surface area contributed by atoms with Crippen molar-refractivity contribution in [2.75, 3.05) is 24.2 Å². The predicted molar refractivity (Wildman–Crippen MR) is 134 cm³/mol. The van der Waals surface area contributed by atoms with Crippen LogP contribution in [-0.2, 0) is 26.2 Å². The first-order valence-corrected chi connectivity index (χ1v) is 13.1. The van der Waals surface area contributed by atoms with Gasteiger partial charge < -0.3 is 10.2 Å². The van der Waals surface area contributed by atoms with Crippen LogP contribution in [0.5, 0.6) is 0 Å². The molecule has 0 aliphatic carbocycles. The smallest absolute Gasteiger partial charge is 0.244 e. The van der Waals surface area contributed by atoms with Gasteiger partial charge >= 0.3 is 0 Å². The Morgan fingerprint density at radius 2 is 1.67 bits per heavy atom. The van der Waals surface area contributed by atoms with Crippen molar-refractivity contribution in [3.05, 3.63) is 62.6 Å². The minimum Gasteiger partial charge on any atom is -0.357 e. The highest BCUT2D eigenvalue weighted by atomic mass is 35.5. The predicted octanol–water partition coefficient (Wildman–Crippen LogP) is 4.27. The Morgan fingerprint density at radius 3 is 2.15 bits per heavy atom. The molecule has 1 unspecified atom stereocenters. The van der Waals surface area contributed by atoms with Crippen LogP contribution >= 0.6 is 34.8 Å². The van der Waals surface area contributed by atoms with Gasteiger partial charge in [0.25, 0.3) is 0 Å². The van der Waals surface area contributed by atoms with E-state index in [1.807, 2.05) is 0 Å². The van der Waals surface area contributed by atoms with Crippen molar-refractivity contribution in [3.63, 3.8) is 0 Å². The molecule has 0 saturated carbocycles. The van der Waals surface area contributed by atoms with Gasteiger partial charge in [0.1, 0.15) is 12.6 Å². The summed E-state index contributed by atoms with van der Waals surface area (Å²) >= 11 is 18.8. The van der Waals surface area contributed by atoms with Crippen LogP contribution < -0.4 is 9.62 Å². The van der Waals surface area contributed by atoms with E-state index in [1.165, 1.54) is 18.0 Å². The van der Waals surface area contributed by atoms with Gasteiger partial charge in [0.05, 0.1) is 11.9 Å². The Morgan fingerprint density at radius 1 is 1.06 bits per heavy atom. The van der Waals surface area contributed by atoms with Gasteiger partial charge in [-0.25, -0.2) is 8.42 Å². The number of aryl methyl sites for hydroxylation is 1. The second-order valence-corrected chi connectivity index (χ2v) is 10.6. The molecule has 0 heterocycles. The maximum absolute atomic E-state index is 13.5. The molecule has 2 aromatic carbocycles. The number of likely N-dealkylation sites (N-methyl/N-ethyl adjacent to an activating group) is 1. The Bertz CT molecular complexity index is 1120. The van der Waals surface area contributed by atoms with E-state index >= 15 is 0 Å². The zero-order chi connectivity index (χ0) is 24.9. The zero-order valence-corrected chi connectivity index (χ0v) is 21.8. The lowest BCUT2D eigenvalue weighted by atomic mass is 10.1. The number of carbonyl (C=O) groups excluding carboxylic acids is 2. The normalized spacial score (nSPS) is 12.2. The number of anilines is 1. The molecule has 0 radical (unpaired) electrons. The van der Waals surface area contributed by atoms with Crippen molar-refractivity contribution in [3.8, 4) is 0 Å². The molecule has 2 rings (SSSR count). The highest BCUT2D eigenvalue weighted by Crippen LogP contribution is 2.28. The van der Waals surface area contributed by atoms with Crippen LogP contribution in [0.4, 0.5) is 5.69 Å². The molecular weight excluding hydrogens is 509 g/mol. The molecule has 0 saturated heterocycles. The number of hydrogen-bond acceptors (Lipinski definition) is 4. The van der Waals surface area contributed by atoms with E-state index in [2.05, 4.69) is 5.32 Å². The summed E-state index contributed by atoms with van der Waals surface area (Å²) in [7, 11) is -2.38. The molecule has 1 atom stereocenters. The fourth-order valence-electron chi connectivity index (χ4n) is 3.29. The van der Waals surface area contributed by atoms with Crippen molar-refractivity contribution in [1.82, 2.24) is 10.2 Å². The molecule has 0 spiro atoms. The summed E-state index contributed by atoms with van der Waals surface area (Å²) in [6.45, 7) is 2.93. The molecule has 0 aromatic heterocycles. The van der Waals surface area contributed by atoms with Gasteiger partial charge in [0, 0.05) is 34.2 Å². The van der Waals surface area contributed by atoms with Gasteiger partial charge in [-0.2, -0.15) is 0 Å². The molecule has 0 bridgehead atoms. The summed E-state index contributed by atoms with van der Waals surface area (Å²) in [5.74, 6) is -0.984. The largest absolute Gasteiger partial charge is 0.357 e. The van der Waals surface area contributed by atoms with Gasteiger partial charge in [-0.05, 0) is 43.2 Å². The molecule has 180 valence electrons. The third-order valence-electron chi connectivity index (χ3n) is 5.15. The summed E-state index contributed by atoms with van der Waals surface area (Å²) in [6.07, 6.45) is 1.29. The second kappa shape index (κ2) is 11.4. The molecule has 11 heteroatoms. The maximum Gasteiger partial charge on any atom is 0.244 e. The van der Waals surface area contributed by atoms with E-state index in [9.17, 15) is 18.0 Å². The fourth-order valence-corrected chi connectivity index (χ4v) is 4.82. The van der Waals surface area contributed by atoms with Crippen LogP contribution in [0.15, 0.2) is 36.4 Å². The average Bonchev–Trinajstić information content (AvgIpc) is 2.74. The molecule has 7 nitrogen and oxygen atoms in total. The Labute approximate surface area is 209 Å². The molecular formula is C22H26Cl3N3O4S. The van der Waals surface area contributed by atoms with Crippen LogP contribution in [-0.4, -0.2) is 51.0 Å². The molecule has 33 heavy (non-hydrogen) atoms. The number of benzene rings is 2. The van der Waals surface area contributed by atoms with E-state index in [0.717, 1.165) is 16.1 Å². The number of rotatable bonds is 9. The number of nitrogens with one attached hydrogen (secondary N) is 1. The topological polar surface area (TPSA) is 86.8 Å². The van der Waals surface area contributed by atoms with E-state index < -0.39 is 34.4 Å². The fraction of sp³-hybridized carbons (Fsp3) is 0.364. The number of carbonyl (C=O) groups is 2. The first-order valence-electron chi connectivity index (χ1n) is 10.1. The highest BCUT2D eigenvalue weighted by molar-refractivity contribution is 7.92. The van der Waals surface area contributed by atoms with E-state index in [0.29, 0.717) is 27.1 Å². The standard InChI is InChI=1S/C22H26Cl3N3O4S/c1-5-20(22(30)26-3)27(12-16-17(23)7-6-8-18(16)24)21(29)13-28(33(4,31)32)15-10-9-14(2)19(25)11-15/h6-11,20H,5,12-13H2,1-4H3,(H,26,30). The van der Waals surface area contributed by atoms with Crippen LogP contribution in [0.2, 0.25) is 15.1 Å². The van der Waals surface area contributed by atoms with Gasteiger partial charge in [0.2, 0.25) is 21.8 Å². The Hall–Kier alpha value is -2.00. The third-order valence-corrected chi connectivity index (χ3v) is 7.40. The number of nitrogens with zero attached hydrogens (tertiary/aromatic N) is 2. The van der Waals surface area contributed by atoms with Crippen LogP contribution in [0, 0.1) is 6.92 Å². The zero-order valence-electron chi connectivity index (χ0n) is 18.7.